The molecule has 1 N–H and O–H groups in total. The van der Waals surface area contributed by atoms with E-state index in [2.05, 4.69) is 23.6 Å². The summed E-state index contributed by atoms with van der Waals surface area (Å²) >= 11 is 2.07. The lowest BCUT2D eigenvalue weighted by Gasteiger charge is -2.27. The van der Waals surface area contributed by atoms with Crippen LogP contribution in [0.1, 0.15) is 110 Å². The molecule has 0 bridgehead atoms. The van der Waals surface area contributed by atoms with E-state index in [1.54, 1.807) is 7.11 Å². The monoisotopic (exact) mass is 417 g/mol. The third kappa shape index (κ3) is 18.3. The van der Waals surface area contributed by atoms with Crippen LogP contribution in [-0.2, 0) is 4.74 Å². The third-order valence-corrected chi connectivity index (χ3v) is 6.82. The Labute approximate surface area is 181 Å². The van der Waals surface area contributed by atoms with Crippen molar-refractivity contribution < 1.29 is 9.84 Å². The predicted molar refractivity (Wildman–Crippen MR) is 127 cm³/mol. The minimum Gasteiger partial charge on any atom is -0.367 e. The molecule has 0 radical (unpaired) electrons. The zero-order chi connectivity index (χ0) is 20.9. The van der Waals surface area contributed by atoms with E-state index in [4.69, 9.17) is 4.74 Å². The van der Waals surface area contributed by atoms with Crippen LogP contribution in [0.25, 0.3) is 0 Å². The van der Waals surface area contributed by atoms with Crippen molar-refractivity contribution in [1.29, 1.82) is 0 Å². The Morgan fingerprint density at radius 3 is 1.57 bits per heavy atom. The van der Waals surface area contributed by atoms with Gasteiger partial charge in [0.15, 0.2) is 6.29 Å². The summed E-state index contributed by atoms with van der Waals surface area (Å²) in [6, 6.07) is 0.103. The number of methoxy groups -OCH3 is 1. The fourth-order valence-electron chi connectivity index (χ4n) is 3.71. The Hall–Kier alpha value is 0.230. The van der Waals surface area contributed by atoms with E-state index in [1.165, 1.54) is 101 Å². The van der Waals surface area contributed by atoms with Crippen LogP contribution in [-0.4, -0.2) is 55.0 Å². The number of aliphatic hydroxyl groups excluding tert-OH is 1. The van der Waals surface area contributed by atoms with Crippen LogP contribution in [0, 0.1) is 0 Å². The highest BCUT2D eigenvalue weighted by atomic mass is 32.2. The Morgan fingerprint density at radius 2 is 1.14 bits per heavy atom. The zero-order valence-corrected chi connectivity index (χ0v) is 20.4. The predicted octanol–water partition coefficient (Wildman–Crippen LogP) is 6.88. The van der Waals surface area contributed by atoms with Crippen molar-refractivity contribution in [3.05, 3.63) is 0 Å². The molecule has 0 aromatic heterocycles. The van der Waals surface area contributed by atoms with Crippen molar-refractivity contribution >= 4 is 11.8 Å². The number of hydrogen-bond acceptors (Lipinski definition) is 4. The fourth-order valence-corrected chi connectivity index (χ4v) is 4.69. The maximum Gasteiger partial charge on any atom is 0.169 e. The summed E-state index contributed by atoms with van der Waals surface area (Å²) in [5.74, 6) is 2.48. The van der Waals surface area contributed by atoms with E-state index in [9.17, 15) is 5.11 Å². The van der Waals surface area contributed by atoms with Gasteiger partial charge in [-0.05, 0) is 44.9 Å². The molecular weight excluding hydrogens is 366 g/mol. The van der Waals surface area contributed by atoms with Crippen molar-refractivity contribution in [3.8, 4) is 0 Å². The van der Waals surface area contributed by atoms with E-state index < -0.39 is 6.29 Å². The molecular formula is C24H51NO2S. The smallest absolute Gasteiger partial charge is 0.169 e. The summed E-state index contributed by atoms with van der Waals surface area (Å²) in [4.78, 5) is 2.06. The lowest BCUT2D eigenvalue weighted by molar-refractivity contribution is -0.119. The van der Waals surface area contributed by atoms with Gasteiger partial charge in [-0.15, -0.1) is 0 Å². The van der Waals surface area contributed by atoms with Crippen molar-refractivity contribution in [2.24, 2.45) is 0 Å². The lowest BCUT2D eigenvalue weighted by atomic mass is 10.0. The van der Waals surface area contributed by atoms with Gasteiger partial charge in [-0.2, -0.15) is 11.8 Å². The first kappa shape index (κ1) is 28.2. The molecule has 4 heteroatoms. The average Bonchev–Trinajstić information content (AvgIpc) is 2.69. The van der Waals surface area contributed by atoms with Crippen LogP contribution in [0.2, 0.25) is 0 Å². The van der Waals surface area contributed by atoms with Crippen molar-refractivity contribution in [2.45, 2.75) is 122 Å². The first-order valence-electron chi connectivity index (χ1n) is 12.1. The SMILES string of the molecule is CCCCCCCCCCCCCCCCSCCCC(C(O)OC)N(C)C. The lowest BCUT2D eigenvalue weighted by Crippen LogP contribution is -2.40. The van der Waals surface area contributed by atoms with Crippen molar-refractivity contribution in [1.82, 2.24) is 4.90 Å². The summed E-state index contributed by atoms with van der Waals surface area (Å²) in [5, 5.41) is 9.86. The van der Waals surface area contributed by atoms with Gasteiger partial charge in [0.25, 0.3) is 0 Å². The number of likely N-dealkylation sites (N-methyl/N-ethyl adjacent to an activating group) is 1. The highest BCUT2D eigenvalue weighted by Gasteiger charge is 2.20. The molecule has 3 nitrogen and oxygen atoms in total. The number of hydrogen-bond donors (Lipinski definition) is 1. The Kier molecular flexibility index (Phi) is 22.1. The van der Waals surface area contributed by atoms with E-state index in [0.717, 1.165) is 12.8 Å². The topological polar surface area (TPSA) is 32.7 Å². The summed E-state index contributed by atoms with van der Waals surface area (Å²) < 4.78 is 5.07. The van der Waals surface area contributed by atoms with Crippen molar-refractivity contribution in [2.75, 3.05) is 32.7 Å². The first-order chi connectivity index (χ1) is 13.6. The Balaban J connectivity index is 3.23. The van der Waals surface area contributed by atoms with E-state index in [0.29, 0.717) is 0 Å². The van der Waals surface area contributed by atoms with Gasteiger partial charge in [0.1, 0.15) is 0 Å². The maximum atomic E-state index is 9.86. The molecule has 0 aromatic carbocycles. The number of nitrogens with zero attached hydrogens (tertiary/aromatic N) is 1. The van der Waals surface area contributed by atoms with Crippen LogP contribution < -0.4 is 0 Å². The van der Waals surface area contributed by atoms with Gasteiger partial charge >= 0.3 is 0 Å². The van der Waals surface area contributed by atoms with Gasteiger partial charge in [-0.25, -0.2) is 0 Å². The van der Waals surface area contributed by atoms with Gasteiger partial charge < -0.3 is 14.7 Å². The van der Waals surface area contributed by atoms with Gasteiger partial charge in [0.2, 0.25) is 0 Å². The number of ether oxygens (including phenoxy) is 1. The molecule has 0 aliphatic heterocycles. The molecule has 2 unspecified atom stereocenters. The van der Waals surface area contributed by atoms with Crippen LogP contribution in [0.15, 0.2) is 0 Å². The van der Waals surface area contributed by atoms with E-state index >= 15 is 0 Å². The maximum absolute atomic E-state index is 9.86. The molecule has 28 heavy (non-hydrogen) atoms. The normalized spacial score (nSPS) is 13.9. The first-order valence-corrected chi connectivity index (χ1v) is 13.2. The summed E-state index contributed by atoms with van der Waals surface area (Å²) in [6.07, 6.45) is 21.5. The zero-order valence-electron chi connectivity index (χ0n) is 19.6. The standard InChI is InChI=1S/C24H51NO2S/c1-5-6-7-8-9-10-11-12-13-14-15-16-17-18-21-28-22-19-20-23(25(2)3)24(26)27-4/h23-24,26H,5-22H2,1-4H3. The van der Waals surface area contributed by atoms with Gasteiger partial charge in [-0.1, -0.05) is 90.4 Å². The molecule has 0 saturated heterocycles. The van der Waals surface area contributed by atoms with E-state index in [1.807, 2.05) is 14.1 Å². The number of rotatable bonds is 22. The van der Waals surface area contributed by atoms with Crippen LogP contribution >= 0.6 is 11.8 Å². The Bertz CT molecular complexity index is 302. The summed E-state index contributed by atoms with van der Waals surface area (Å²) in [5.41, 5.74) is 0. The summed E-state index contributed by atoms with van der Waals surface area (Å²) in [6.45, 7) is 2.29. The average molecular weight is 418 g/mol. The highest BCUT2D eigenvalue weighted by molar-refractivity contribution is 7.99. The van der Waals surface area contributed by atoms with Crippen LogP contribution in [0.3, 0.4) is 0 Å². The van der Waals surface area contributed by atoms with Crippen LogP contribution in [0.5, 0.6) is 0 Å². The molecule has 0 aliphatic carbocycles. The molecule has 0 aromatic rings. The molecule has 170 valence electrons. The second kappa shape index (κ2) is 21.9. The molecule has 0 aliphatic rings. The molecule has 0 fully saturated rings. The molecule has 0 heterocycles. The molecule has 0 rings (SSSR count). The number of thioether (sulfide) groups is 1. The largest absolute Gasteiger partial charge is 0.367 e. The van der Waals surface area contributed by atoms with Gasteiger partial charge in [0, 0.05) is 7.11 Å². The second-order valence-electron chi connectivity index (χ2n) is 8.51. The molecule has 0 amide bonds. The van der Waals surface area contributed by atoms with Gasteiger partial charge in [-0.3, -0.25) is 0 Å². The fraction of sp³-hybridized carbons (Fsp3) is 1.00. The minimum absolute atomic E-state index is 0.103. The highest BCUT2D eigenvalue weighted by Crippen LogP contribution is 2.16. The Morgan fingerprint density at radius 1 is 0.714 bits per heavy atom. The minimum atomic E-state index is -0.675. The van der Waals surface area contributed by atoms with Gasteiger partial charge in [0.05, 0.1) is 6.04 Å². The number of unbranched alkanes of at least 4 members (excludes halogenated alkanes) is 13. The third-order valence-electron chi connectivity index (χ3n) is 5.66. The quantitative estimate of drug-likeness (QED) is 0.154. The molecule has 2 atom stereocenters. The molecule has 0 saturated carbocycles. The van der Waals surface area contributed by atoms with Crippen molar-refractivity contribution in [3.63, 3.8) is 0 Å². The van der Waals surface area contributed by atoms with E-state index in [-0.39, 0.29) is 6.04 Å². The number of aliphatic hydroxyl groups is 1. The second-order valence-corrected chi connectivity index (χ2v) is 9.73. The molecule has 0 spiro atoms. The van der Waals surface area contributed by atoms with Crippen LogP contribution in [0.4, 0.5) is 0 Å². The summed E-state index contributed by atoms with van der Waals surface area (Å²) in [7, 11) is 5.59.